The van der Waals surface area contributed by atoms with Crippen molar-refractivity contribution in [3.8, 4) is 40.4 Å². The van der Waals surface area contributed by atoms with E-state index in [2.05, 4.69) is 94.2 Å². The lowest BCUT2D eigenvalue weighted by molar-refractivity contribution is 0.556. The van der Waals surface area contributed by atoms with Gasteiger partial charge in [-0.2, -0.15) is 8.75 Å². The van der Waals surface area contributed by atoms with Gasteiger partial charge in [0.25, 0.3) is 0 Å². The van der Waals surface area contributed by atoms with Crippen molar-refractivity contribution >= 4 is 100.0 Å². The summed E-state index contributed by atoms with van der Waals surface area (Å²) < 4.78 is 12.2. The van der Waals surface area contributed by atoms with E-state index in [9.17, 15) is 0 Å². The molecular formula is C46H58Br2N2S5. The van der Waals surface area contributed by atoms with Crippen molar-refractivity contribution < 1.29 is 0 Å². The lowest BCUT2D eigenvalue weighted by Gasteiger charge is -2.05. The SMILES string of the molecule is CCCCCCCCCCCCc1cc(Br)sc1-c1ccc(-c2ccc(-c3ccc(-c4sc(Br)cc4CCCCCCCCCCCC)s3)c3nsnc23)s1. The van der Waals surface area contributed by atoms with Crippen molar-refractivity contribution in [3.05, 3.63) is 67.2 Å². The van der Waals surface area contributed by atoms with Gasteiger partial charge in [0.2, 0.25) is 0 Å². The van der Waals surface area contributed by atoms with Gasteiger partial charge < -0.3 is 0 Å². The Kier molecular flexibility index (Phi) is 18.5. The Hall–Kier alpha value is -1.20. The van der Waals surface area contributed by atoms with E-state index in [0.29, 0.717) is 0 Å². The fourth-order valence-corrected chi connectivity index (χ4v) is 14.0. The predicted molar refractivity (Wildman–Crippen MR) is 257 cm³/mol. The lowest BCUT2D eigenvalue weighted by Crippen LogP contribution is -1.86. The number of hydrogen-bond acceptors (Lipinski definition) is 7. The number of fused-ring (bicyclic) bond motifs is 1. The highest BCUT2D eigenvalue weighted by Gasteiger charge is 2.19. The zero-order valence-electron chi connectivity index (χ0n) is 32.9. The molecule has 0 aliphatic carbocycles. The van der Waals surface area contributed by atoms with Crippen LogP contribution in [0.5, 0.6) is 0 Å². The van der Waals surface area contributed by atoms with E-state index in [1.807, 2.05) is 45.3 Å². The molecule has 0 amide bonds. The van der Waals surface area contributed by atoms with Crippen LogP contribution in [0.15, 0.2) is 56.1 Å². The van der Waals surface area contributed by atoms with E-state index in [4.69, 9.17) is 8.75 Å². The Morgan fingerprint density at radius 3 is 1.15 bits per heavy atom. The average molecular weight is 959 g/mol. The summed E-state index contributed by atoms with van der Waals surface area (Å²) in [6.45, 7) is 4.59. The average Bonchev–Trinajstić information content (AvgIpc) is 4.04. The molecule has 296 valence electrons. The van der Waals surface area contributed by atoms with E-state index in [0.717, 1.165) is 23.9 Å². The third-order valence-corrected chi connectivity index (χ3v) is 17.2. The third kappa shape index (κ3) is 12.6. The normalized spacial score (nSPS) is 11.8. The zero-order valence-corrected chi connectivity index (χ0v) is 40.1. The minimum atomic E-state index is 1.02. The molecular weight excluding hydrogens is 901 g/mol. The van der Waals surface area contributed by atoms with Crippen LogP contribution in [0.1, 0.15) is 153 Å². The Balaban J connectivity index is 1.06. The molecule has 0 saturated heterocycles. The molecule has 0 unspecified atom stereocenters. The molecule has 5 heterocycles. The zero-order chi connectivity index (χ0) is 38.2. The van der Waals surface area contributed by atoms with Gasteiger partial charge in [-0.05, 0) is 105 Å². The molecule has 6 aromatic rings. The van der Waals surface area contributed by atoms with Crippen LogP contribution in [-0.4, -0.2) is 8.75 Å². The van der Waals surface area contributed by atoms with E-state index in [-0.39, 0.29) is 0 Å². The van der Waals surface area contributed by atoms with Crippen molar-refractivity contribution in [3.63, 3.8) is 0 Å². The molecule has 0 spiro atoms. The first-order chi connectivity index (χ1) is 27.1. The summed E-state index contributed by atoms with van der Waals surface area (Å²) in [5.41, 5.74) is 7.38. The van der Waals surface area contributed by atoms with Crippen LogP contribution in [0.3, 0.4) is 0 Å². The first-order valence-electron chi connectivity index (χ1n) is 21.1. The molecule has 1 aromatic carbocycles. The van der Waals surface area contributed by atoms with Gasteiger partial charge in [-0.3, -0.25) is 0 Å². The number of benzene rings is 1. The molecule has 6 rings (SSSR count). The lowest BCUT2D eigenvalue weighted by atomic mass is 10.0. The number of halogens is 2. The van der Waals surface area contributed by atoms with Crippen LogP contribution in [0.2, 0.25) is 0 Å². The highest BCUT2D eigenvalue weighted by atomic mass is 79.9. The second-order valence-corrected chi connectivity index (χ2v) is 22.7. The second-order valence-electron chi connectivity index (χ2n) is 15.1. The fraction of sp³-hybridized carbons (Fsp3) is 0.522. The Morgan fingerprint density at radius 1 is 0.418 bits per heavy atom. The topological polar surface area (TPSA) is 25.8 Å². The highest BCUT2D eigenvalue weighted by molar-refractivity contribution is 9.11. The van der Waals surface area contributed by atoms with E-state index >= 15 is 0 Å². The van der Waals surface area contributed by atoms with Crippen molar-refractivity contribution in [1.29, 1.82) is 0 Å². The fourth-order valence-electron chi connectivity index (χ4n) is 7.66. The summed E-state index contributed by atoms with van der Waals surface area (Å²) >= 11 is 16.5. The van der Waals surface area contributed by atoms with Gasteiger partial charge in [0.05, 0.1) is 19.3 Å². The van der Waals surface area contributed by atoms with Gasteiger partial charge in [0.15, 0.2) is 0 Å². The van der Waals surface area contributed by atoms with Crippen LogP contribution in [0.4, 0.5) is 0 Å². The van der Waals surface area contributed by atoms with Crippen molar-refractivity contribution in [2.24, 2.45) is 0 Å². The number of hydrogen-bond donors (Lipinski definition) is 0. The molecule has 0 atom stereocenters. The van der Waals surface area contributed by atoms with E-state index in [1.54, 1.807) is 0 Å². The number of nitrogens with zero attached hydrogens (tertiary/aromatic N) is 2. The minimum absolute atomic E-state index is 1.02. The molecule has 9 heteroatoms. The largest absolute Gasteiger partial charge is 0.172 e. The molecule has 0 aliphatic rings. The predicted octanol–water partition coefficient (Wildman–Crippen LogP) is 19.1. The Labute approximate surface area is 368 Å². The van der Waals surface area contributed by atoms with Crippen molar-refractivity contribution in [1.82, 2.24) is 8.75 Å². The van der Waals surface area contributed by atoms with Gasteiger partial charge in [-0.15, -0.1) is 45.3 Å². The molecule has 0 fully saturated rings. The maximum Gasteiger partial charge on any atom is 0.114 e. The van der Waals surface area contributed by atoms with Crippen molar-refractivity contribution in [2.45, 2.75) is 155 Å². The summed E-state index contributed by atoms with van der Waals surface area (Å²) in [5.74, 6) is 0. The third-order valence-electron chi connectivity index (χ3n) is 10.8. The van der Waals surface area contributed by atoms with Crippen LogP contribution in [-0.2, 0) is 12.8 Å². The molecule has 0 saturated carbocycles. The molecule has 0 aliphatic heterocycles. The summed E-state index contributed by atoms with van der Waals surface area (Å²) in [4.78, 5) is 8.07. The summed E-state index contributed by atoms with van der Waals surface area (Å²) in [6.07, 6.45) is 29.8. The van der Waals surface area contributed by atoms with Gasteiger partial charge in [0, 0.05) is 40.4 Å². The number of aryl methyl sites for hydroxylation is 2. The maximum absolute atomic E-state index is 4.87. The van der Waals surface area contributed by atoms with Gasteiger partial charge in [-0.25, -0.2) is 0 Å². The minimum Gasteiger partial charge on any atom is -0.172 e. The number of aromatic nitrogens is 2. The van der Waals surface area contributed by atoms with Gasteiger partial charge in [0.1, 0.15) is 11.0 Å². The maximum atomic E-state index is 4.87. The number of thiophene rings is 4. The quantitative estimate of drug-likeness (QED) is 0.0506. The first-order valence-corrected chi connectivity index (χ1v) is 26.7. The molecule has 2 nitrogen and oxygen atoms in total. The molecule has 0 N–H and O–H groups in total. The van der Waals surface area contributed by atoms with Crippen LogP contribution in [0, 0.1) is 0 Å². The van der Waals surface area contributed by atoms with E-state index < -0.39 is 0 Å². The van der Waals surface area contributed by atoms with Gasteiger partial charge >= 0.3 is 0 Å². The van der Waals surface area contributed by atoms with Crippen LogP contribution < -0.4 is 0 Å². The standard InChI is InChI=1S/C46H58Br2N2S5/c1-3-5-7-9-11-13-15-17-19-21-23-33-31-41(47)53-45(33)39-29-27-37(51-39)35-25-26-36(44-43(35)49-55-50-44)38-28-30-40(52-38)46-34(32-42(48)54-46)24-22-20-18-16-14-12-10-8-6-4-2/h25-32H,3-24H2,1-2H3. The Bertz CT molecular complexity index is 1870. The Morgan fingerprint density at radius 2 is 0.764 bits per heavy atom. The van der Waals surface area contributed by atoms with Gasteiger partial charge in [-0.1, -0.05) is 142 Å². The van der Waals surface area contributed by atoms with Crippen LogP contribution in [0.25, 0.3) is 51.4 Å². The molecule has 55 heavy (non-hydrogen) atoms. The molecule has 0 radical (unpaired) electrons. The second kappa shape index (κ2) is 23.4. The number of rotatable bonds is 26. The van der Waals surface area contributed by atoms with Crippen molar-refractivity contribution in [2.75, 3.05) is 0 Å². The summed E-state index contributed by atoms with van der Waals surface area (Å²) in [7, 11) is 0. The van der Waals surface area contributed by atoms with Crippen LogP contribution >= 0.6 is 88.9 Å². The molecule has 0 bridgehead atoms. The molecule has 5 aromatic heterocycles. The monoisotopic (exact) mass is 956 g/mol. The smallest absolute Gasteiger partial charge is 0.114 e. The highest BCUT2D eigenvalue weighted by Crippen LogP contribution is 2.46. The summed E-state index contributed by atoms with van der Waals surface area (Å²) in [5, 5.41) is 0. The van der Waals surface area contributed by atoms with E-state index in [1.165, 1.54) is 199 Å². The number of unbranched alkanes of at least 4 members (excludes halogenated alkanes) is 18. The first kappa shape index (κ1) is 43.4. The summed E-state index contributed by atoms with van der Waals surface area (Å²) in [6, 6.07) is 18.5.